The first-order valence-electron chi connectivity index (χ1n) is 18.4. The van der Waals surface area contributed by atoms with Crippen LogP contribution in [-0.2, 0) is 0 Å². The number of anilines is 3. The number of benzene rings is 8. The maximum atomic E-state index is 4.96. The summed E-state index contributed by atoms with van der Waals surface area (Å²) < 4.78 is 0. The number of nitrogens with zero attached hydrogens (tertiary/aromatic N) is 4. The van der Waals surface area contributed by atoms with Crippen molar-refractivity contribution in [3.63, 3.8) is 0 Å². The van der Waals surface area contributed by atoms with Gasteiger partial charge in [-0.25, -0.2) is 15.0 Å². The number of hydrogen-bond donors (Lipinski definition) is 0. The normalized spacial score (nSPS) is 10.9. The maximum Gasteiger partial charge on any atom is 0.164 e. The van der Waals surface area contributed by atoms with Crippen molar-refractivity contribution < 1.29 is 0 Å². The molecule has 1 heterocycles. The van der Waals surface area contributed by atoms with Crippen LogP contribution in [0.3, 0.4) is 0 Å². The molecular weight excluding hydrogens is 669 g/mol. The van der Waals surface area contributed by atoms with Gasteiger partial charge in [0, 0.05) is 33.8 Å². The second-order valence-corrected chi connectivity index (χ2v) is 13.3. The van der Waals surface area contributed by atoms with Crippen molar-refractivity contribution >= 4 is 17.1 Å². The van der Waals surface area contributed by atoms with E-state index in [0.717, 1.165) is 44.9 Å². The van der Waals surface area contributed by atoms with Gasteiger partial charge >= 0.3 is 0 Å². The quantitative estimate of drug-likeness (QED) is 0.150. The zero-order valence-corrected chi connectivity index (χ0v) is 30.1. The lowest BCUT2D eigenvalue weighted by molar-refractivity contribution is 1.07. The van der Waals surface area contributed by atoms with E-state index in [-0.39, 0.29) is 0 Å². The highest BCUT2D eigenvalue weighted by atomic mass is 15.1. The Hall–Kier alpha value is -7.43. The van der Waals surface area contributed by atoms with Crippen LogP contribution < -0.4 is 4.90 Å². The van der Waals surface area contributed by atoms with Gasteiger partial charge in [-0.1, -0.05) is 176 Å². The van der Waals surface area contributed by atoms with Gasteiger partial charge in [-0.2, -0.15) is 0 Å². The molecule has 4 heteroatoms. The van der Waals surface area contributed by atoms with Crippen LogP contribution in [0, 0.1) is 0 Å². The number of aromatic nitrogens is 3. The lowest BCUT2D eigenvalue weighted by atomic mass is 10.0. The van der Waals surface area contributed by atoms with Crippen molar-refractivity contribution in [3.05, 3.63) is 218 Å². The summed E-state index contributed by atoms with van der Waals surface area (Å²) in [6.45, 7) is 0. The predicted molar refractivity (Wildman–Crippen MR) is 227 cm³/mol. The van der Waals surface area contributed by atoms with E-state index in [1.54, 1.807) is 0 Å². The van der Waals surface area contributed by atoms with Crippen LogP contribution in [0.5, 0.6) is 0 Å². The molecule has 260 valence electrons. The van der Waals surface area contributed by atoms with Crippen molar-refractivity contribution in [2.75, 3.05) is 4.90 Å². The smallest absolute Gasteiger partial charge is 0.164 e. The van der Waals surface area contributed by atoms with Crippen molar-refractivity contribution in [3.8, 4) is 67.5 Å². The van der Waals surface area contributed by atoms with Crippen LogP contribution in [-0.4, -0.2) is 15.0 Å². The number of rotatable bonds is 9. The molecule has 4 nitrogen and oxygen atoms in total. The molecule has 0 saturated carbocycles. The Morgan fingerprint density at radius 1 is 0.218 bits per heavy atom. The van der Waals surface area contributed by atoms with E-state index in [1.165, 1.54) is 22.3 Å². The average Bonchev–Trinajstić information content (AvgIpc) is 3.28. The minimum atomic E-state index is 0.634. The molecule has 0 saturated heterocycles. The molecule has 1 aromatic heterocycles. The third-order valence-electron chi connectivity index (χ3n) is 9.72. The lowest BCUT2D eigenvalue weighted by Crippen LogP contribution is -2.10. The molecule has 55 heavy (non-hydrogen) atoms. The summed E-state index contributed by atoms with van der Waals surface area (Å²) in [6, 6.07) is 76.0. The Kier molecular flexibility index (Phi) is 9.28. The van der Waals surface area contributed by atoms with E-state index >= 15 is 0 Å². The number of hydrogen-bond acceptors (Lipinski definition) is 4. The van der Waals surface area contributed by atoms with Crippen molar-refractivity contribution in [1.82, 2.24) is 15.0 Å². The largest absolute Gasteiger partial charge is 0.310 e. The van der Waals surface area contributed by atoms with Gasteiger partial charge in [0.05, 0.1) is 0 Å². The van der Waals surface area contributed by atoms with E-state index in [4.69, 9.17) is 15.0 Å². The Morgan fingerprint density at radius 3 is 1.04 bits per heavy atom. The first kappa shape index (κ1) is 33.4. The topological polar surface area (TPSA) is 41.9 Å². The van der Waals surface area contributed by atoms with Crippen LogP contribution in [0.2, 0.25) is 0 Å². The van der Waals surface area contributed by atoms with Crippen LogP contribution >= 0.6 is 0 Å². The summed E-state index contributed by atoms with van der Waals surface area (Å²) in [7, 11) is 0. The van der Waals surface area contributed by atoms with Crippen LogP contribution in [0.4, 0.5) is 17.1 Å². The predicted octanol–water partition coefficient (Wildman–Crippen LogP) is 13.3. The SMILES string of the molecule is c1ccc(-c2ccc(N(c3ccc(-c4cccc(-c5nc(-c6ccccc6)nc(-c6ccccc6)n5)c4)cc3)c3cccc(-c4ccccc4)c3)cc2)cc1. The molecule has 0 N–H and O–H groups in total. The molecule has 0 amide bonds. The van der Waals surface area contributed by atoms with E-state index in [2.05, 4.69) is 163 Å². The standard InChI is InChI=1S/C51H36N4/c1-5-15-37(16-6-1)39-27-31-46(32-28-39)55(48-26-14-24-44(36-48)38-17-7-2-8-18-38)47-33-29-40(30-34-47)43-23-13-25-45(35-43)51-53-49(41-19-9-3-10-20-41)52-50(54-51)42-21-11-4-12-22-42/h1-36H. The Morgan fingerprint density at radius 2 is 0.545 bits per heavy atom. The van der Waals surface area contributed by atoms with Crippen molar-refractivity contribution in [2.24, 2.45) is 0 Å². The lowest BCUT2D eigenvalue weighted by Gasteiger charge is -2.26. The van der Waals surface area contributed by atoms with Gasteiger partial charge in [-0.15, -0.1) is 0 Å². The molecule has 9 rings (SSSR count). The Balaban J connectivity index is 1.08. The van der Waals surface area contributed by atoms with Crippen molar-refractivity contribution in [2.45, 2.75) is 0 Å². The fourth-order valence-corrected chi connectivity index (χ4v) is 6.91. The minimum absolute atomic E-state index is 0.634. The van der Waals surface area contributed by atoms with Crippen molar-refractivity contribution in [1.29, 1.82) is 0 Å². The highest BCUT2D eigenvalue weighted by Crippen LogP contribution is 2.38. The molecule has 0 aliphatic carbocycles. The average molecular weight is 705 g/mol. The summed E-state index contributed by atoms with van der Waals surface area (Å²) in [4.78, 5) is 17.1. The first-order valence-corrected chi connectivity index (χ1v) is 18.4. The van der Waals surface area contributed by atoms with Crippen LogP contribution in [0.15, 0.2) is 218 Å². The first-order chi connectivity index (χ1) is 27.2. The third-order valence-corrected chi connectivity index (χ3v) is 9.72. The molecule has 0 bridgehead atoms. The molecule has 0 unspecified atom stereocenters. The fraction of sp³-hybridized carbons (Fsp3) is 0. The van der Waals surface area contributed by atoms with E-state index in [0.29, 0.717) is 17.5 Å². The van der Waals surface area contributed by atoms with Gasteiger partial charge in [0.1, 0.15) is 0 Å². The maximum absolute atomic E-state index is 4.96. The highest BCUT2D eigenvalue weighted by Gasteiger charge is 2.16. The second-order valence-electron chi connectivity index (χ2n) is 13.3. The van der Waals surface area contributed by atoms with Crippen LogP contribution in [0.25, 0.3) is 67.5 Å². The molecule has 8 aromatic carbocycles. The second kappa shape index (κ2) is 15.3. The van der Waals surface area contributed by atoms with E-state index in [9.17, 15) is 0 Å². The molecule has 0 aliphatic heterocycles. The summed E-state index contributed by atoms with van der Waals surface area (Å²) in [5.74, 6) is 1.93. The van der Waals surface area contributed by atoms with Crippen LogP contribution in [0.1, 0.15) is 0 Å². The molecule has 0 atom stereocenters. The molecule has 0 aliphatic rings. The van der Waals surface area contributed by atoms with Gasteiger partial charge < -0.3 is 4.90 Å². The zero-order valence-electron chi connectivity index (χ0n) is 30.1. The van der Waals surface area contributed by atoms with Gasteiger partial charge in [0.25, 0.3) is 0 Å². The molecule has 9 aromatic rings. The van der Waals surface area contributed by atoms with Gasteiger partial charge in [-0.05, 0) is 75.8 Å². The summed E-state index contributed by atoms with van der Waals surface area (Å²) >= 11 is 0. The Bertz CT molecular complexity index is 2600. The van der Waals surface area contributed by atoms with E-state index < -0.39 is 0 Å². The molecule has 0 spiro atoms. The fourth-order valence-electron chi connectivity index (χ4n) is 6.91. The monoisotopic (exact) mass is 704 g/mol. The third kappa shape index (κ3) is 7.30. The Labute approximate surface area is 321 Å². The van der Waals surface area contributed by atoms with Gasteiger partial charge in [0.15, 0.2) is 17.5 Å². The van der Waals surface area contributed by atoms with E-state index in [1.807, 2.05) is 60.7 Å². The van der Waals surface area contributed by atoms with Gasteiger partial charge in [0.2, 0.25) is 0 Å². The summed E-state index contributed by atoms with van der Waals surface area (Å²) in [5.41, 5.74) is 13.0. The molecule has 0 fully saturated rings. The summed E-state index contributed by atoms with van der Waals surface area (Å²) in [6.07, 6.45) is 0. The molecule has 0 radical (unpaired) electrons. The summed E-state index contributed by atoms with van der Waals surface area (Å²) in [5, 5.41) is 0. The molecular formula is C51H36N4. The van der Waals surface area contributed by atoms with Gasteiger partial charge in [-0.3, -0.25) is 0 Å². The zero-order chi connectivity index (χ0) is 36.8. The minimum Gasteiger partial charge on any atom is -0.310 e. The highest BCUT2D eigenvalue weighted by molar-refractivity contribution is 5.82.